The van der Waals surface area contributed by atoms with E-state index in [9.17, 15) is 14.4 Å². The molecule has 0 aliphatic heterocycles. The van der Waals surface area contributed by atoms with Crippen LogP contribution in [0.25, 0.3) is 0 Å². The lowest BCUT2D eigenvalue weighted by atomic mass is 10.2. The van der Waals surface area contributed by atoms with Crippen molar-refractivity contribution < 1.29 is 23.9 Å². The highest BCUT2D eigenvalue weighted by Crippen LogP contribution is 2.13. The lowest BCUT2D eigenvalue weighted by Crippen LogP contribution is -2.43. The van der Waals surface area contributed by atoms with Gasteiger partial charge in [0, 0.05) is 6.92 Å². The second kappa shape index (κ2) is 8.26. The summed E-state index contributed by atoms with van der Waals surface area (Å²) in [7, 11) is 0. The van der Waals surface area contributed by atoms with Gasteiger partial charge < -0.3 is 9.47 Å². The van der Waals surface area contributed by atoms with Crippen LogP contribution >= 0.6 is 0 Å². The zero-order valence-electron chi connectivity index (χ0n) is 12.1. The first kappa shape index (κ1) is 17.0. The zero-order chi connectivity index (χ0) is 16.5. The van der Waals surface area contributed by atoms with E-state index in [0.29, 0.717) is 11.3 Å². The fraction of sp³-hybridized carbons (Fsp3) is 0.286. The van der Waals surface area contributed by atoms with E-state index < -0.39 is 30.5 Å². The number of carbonyl (C=O) groups is 3. The average Bonchev–Trinajstić information content (AvgIpc) is 2.51. The quantitative estimate of drug-likeness (QED) is 0.585. The van der Waals surface area contributed by atoms with Gasteiger partial charge in [0.1, 0.15) is 5.75 Å². The number of hydrogen-bond donors (Lipinski definition) is 2. The molecule has 0 saturated carbocycles. The summed E-state index contributed by atoms with van der Waals surface area (Å²) in [6.07, 6.45) is -0.929. The maximum atomic E-state index is 11.6. The molecule has 0 saturated heterocycles. The monoisotopic (exact) mass is 305 g/mol. The molecule has 0 aliphatic rings. The van der Waals surface area contributed by atoms with Gasteiger partial charge in [-0.15, -0.1) is 0 Å². The number of hydrogen-bond acceptors (Lipinski definition) is 6. The number of nitrogens with zero attached hydrogens (tertiary/aromatic N) is 1. The number of benzene rings is 1. The normalized spacial score (nSPS) is 10.8. The fourth-order valence-corrected chi connectivity index (χ4v) is 1.31. The van der Waals surface area contributed by atoms with Crippen molar-refractivity contribution in [1.82, 2.24) is 10.9 Å². The average molecular weight is 305 g/mol. The second-order valence-corrected chi connectivity index (χ2v) is 4.23. The van der Waals surface area contributed by atoms with E-state index in [0.717, 1.165) is 0 Å². The van der Waals surface area contributed by atoms with E-state index in [-0.39, 0.29) is 0 Å². The van der Waals surface area contributed by atoms with Crippen LogP contribution in [0.15, 0.2) is 24.3 Å². The Hall–Kier alpha value is -3.08. The molecule has 0 bridgehead atoms. The second-order valence-electron chi connectivity index (χ2n) is 4.23. The van der Waals surface area contributed by atoms with Crippen LogP contribution in [0.4, 0.5) is 0 Å². The Morgan fingerprint density at radius 1 is 1.23 bits per heavy atom. The van der Waals surface area contributed by atoms with Crippen molar-refractivity contribution in [3.8, 4) is 11.8 Å². The molecule has 0 spiro atoms. The standard InChI is InChI=1S/C14H15N3O5/c1-9(22-12-5-3-11(7-15)4-6-12)14(20)21-8-13(19)17-16-10(2)18/h3-6,9H,8H2,1-2H3,(H,16,18)(H,17,19)/t9-/m0/s1. The fourth-order valence-electron chi connectivity index (χ4n) is 1.31. The molecule has 8 heteroatoms. The number of hydrazine groups is 1. The molecular weight excluding hydrogens is 290 g/mol. The lowest BCUT2D eigenvalue weighted by Gasteiger charge is -2.14. The maximum Gasteiger partial charge on any atom is 0.347 e. The number of nitrogens with one attached hydrogen (secondary N) is 2. The van der Waals surface area contributed by atoms with Gasteiger partial charge in [0.2, 0.25) is 5.91 Å². The largest absolute Gasteiger partial charge is 0.479 e. The lowest BCUT2D eigenvalue weighted by molar-refractivity contribution is -0.155. The third-order valence-electron chi connectivity index (χ3n) is 2.35. The molecule has 116 valence electrons. The molecule has 2 amide bonds. The first-order valence-corrected chi connectivity index (χ1v) is 6.31. The van der Waals surface area contributed by atoms with Crippen molar-refractivity contribution in [2.45, 2.75) is 20.0 Å². The van der Waals surface area contributed by atoms with Crippen LogP contribution in [-0.2, 0) is 19.1 Å². The Kier molecular flexibility index (Phi) is 6.37. The molecule has 0 radical (unpaired) electrons. The zero-order valence-corrected chi connectivity index (χ0v) is 12.1. The minimum atomic E-state index is -0.929. The van der Waals surface area contributed by atoms with E-state index in [1.807, 2.05) is 6.07 Å². The highest BCUT2D eigenvalue weighted by atomic mass is 16.6. The van der Waals surface area contributed by atoms with Gasteiger partial charge in [-0.2, -0.15) is 5.26 Å². The van der Waals surface area contributed by atoms with Gasteiger partial charge in [0.25, 0.3) is 5.91 Å². The molecule has 1 atom stereocenters. The Balaban J connectivity index is 2.39. The van der Waals surface area contributed by atoms with Gasteiger partial charge in [-0.05, 0) is 31.2 Å². The van der Waals surface area contributed by atoms with Gasteiger partial charge in [-0.3, -0.25) is 20.4 Å². The molecule has 8 nitrogen and oxygen atoms in total. The molecule has 1 aromatic carbocycles. The Labute approximate surface area is 127 Å². The maximum absolute atomic E-state index is 11.6. The number of amides is 2. The molecular formula is C14H15N3O5. The predicted molar refractivity (Wildman–Crippen MR) is 74.2 cm³/mol. The van der Waals surface area contributed by atoms with Crippen molar-refractivity contribution in [3.63, 3.8) is 0 Å². The van der Waals surface area contributed by atoms with E-state index in [2.05, 4.69) is 10.9 Å². The van der Waals surface area contributed by atoms with E-state index in [4.69, 9.17) is 14.7 Å². The van der Waals surface area contributed by atoms with Gasteiger partial charge in [0.05, 0.1) is 11.6 Å². The van der Waals surface area contributed by atoms with Crippen LogP contribution in [0, 0.1) is 11.3 Å². The summed E-state index contributed by atoms with van der Waals surface area (Å²) < 4.78 is 10.1. The van der Waals surface area contributed by atoms with Gasteiger partial charge >= 0.3 is 5.97 Å². The predicted octanol–water partition coefficient (Wildman–Crippen LogP) is 0.0361. The molecule has 0 fully saturated rings. The molecule has 1 rings (SSSR count). The first-order chi connectivity index (χ1) is 10.4. The molecule has 0 aliphatic carbocycles. The minimum Gasteiger partial charge on any atom is -0.479 e. The Bertz CT molecular complexity index is 591. The van der Waals surface area contributed by atoms with Crippen LogP contribution in [0.3, 0.4) is 0 Å². The van der Waals surface area contributed by atoms with Crippen molar-refractivity contribution in [1.29, 1.82) is 5.26 Å². The van der Waals surface area contributed by atoms with Gasteiger partial charge in [-0.1, -0.05) is 0 Å². The summed E-state index contributed by atoms with van der Waals surface area (Å²) in [6, 6.07) is 8.16. The van der Waals surface area contributed by atoms with Crippen molar-refractivity contribution in [2.24, 2.45) is 0 Å². The number of carbonyl (C=O) groups excluding carboxylic acids is 3. The SMILES string of the molecule is CC(=O)NNC(=O)COC(=O)[C@H](C)Oc1ccc(C#N)cc1. The van der Waals surface area contributed by atoms with E-state index >= 15 is 0 Å². The summed E-state index contributed by atoms with van der Waals surface area (Å²) in [5, 5.41) is 8.67. The summed E-state index contributed by atoms with van der Waals surface area (Å²) in [5.74, 6) is -1.46. The van der Waals surface area contributed by atoms with Crippen LogP contribution in [-0.4, -0.2) is 30.5 Å². The minimum absolute atomic E-state index is 0.395. The highest BCUT2D eigenvalue weighted by Gasteiger charge is 2.17. The topological polar surface area (TPSA) is 118 Å². The smallest absolute Gasteiger partial charge is 0.347 e. The first-order valence-electron chi connectivity index (χ1n) is 6.31. The van der Waals surface area contributed by atoms with Crippen LogP contribution in [0.1, 0.15) is 19.4 Å². The molecule has 2 N–H and O–H groups in total. The summed E-state index contributed by atoms with van der Waals surface area (Å²) >= 11 is 0. The highest BCUT2D eigenvalue weighted by molar-refractivity contribution is 5.84. The van der Waals surface area contributed by atoms with Gasteiger partial charge in [-0.25, -0.2) is 4.79 Å². The number of esters is 1. The molecule has 0 aromatic heterocycles. The van der Waals surface area contributed by atoms with E-state index in [1.54, 1.807) is 24.3 Å². The van der Waals surface area contributed by atoms with Crippen molar-refractivity contribution >= 4 is 17.8 Å². The van der Waals surface area contributed by atoms with Crippen molar-refractivity contribution in [3.05, 3.63) is 29.8 Å². The third-order valence-corrected chi connectivity index (χ3v) is 2.35. The summed E-state index contributed by atoms with van der Waals surface area (Å²) in [6.45, 7) is 2.15. The summed E-state index contributed by atoms with van der Waals surface area (Å²) in [4.78, 5) is 33.4. The molecule has 0 heterocycles. The number of rotatable bonds is 5. The van der Waals surface area contributed by atoms with Crippen molar-refractivity contribution in [2.75, 3.05) is 6.61 Å². The van der Waals surface area contributed by atoms with Crippen LogP contribution in [0.5, 0.6) is 5.75 Å². The number of nitriles is 1. The molecule has 1 aromatic rings. The summed E-state index contributed by atoms with van der Waals surface area (Å²) in [5.41, 5.74) is 4.58. The Morgan fingerprint density at radius 2 is 1.86 bits per heavy atom. The third kappa shape index (κ3) is 5.92. The molecule has 22 heavy (non-hydrogen) atoms. The van der Waals surface area contributed by atoms with Crippen LogP contribution in [0.2, 0.25) is 0 Å². The Morgan fingerprint density at radius 3 is 2.41 bits per heavy atom. The van der Waals surface area contributed by atoms with Crippen LogP contribution < -0.4 is 15.6 Å². The number of ether oxygens (including phenoxy) is 2. The van der Waals surface area contributed by atoms with E-state index in [1.165, 1.54) is 13.8 Å². The molecule has 0 unspecified atom stereocenters. The van der Waals surface area contributed by atoms with Gasteiger partial charge in [0.15, 0.2) is 12.7 Å².